The third kappa shape index (κ3) is 2.63. The number of rotatable bonds is 4. The van der Waals surface area contributed by atoms with Crippen LogP contribution in [0.1, 0.15) is 26.2 Å². The molecule has 0 saturated heterocycles. The van der Waals surface area contributed by atoms with Gasteiger partial charge in [-0.05, 0) is 42.5 Å². The normalized spacial score (nSPS) is 24.9. The van der Waals surface area contributed by atoms with Crippen molar-refractivity contribution in [3.63, 3.8) is 0 Å². The second-order valence-electron chi connectivity index (χ2n) is 4.60. The summed E-state index contributed by atoms with van der Waals surface area (Å²) in [6.07, 6.45) is 6.14. The Morgan fingerprint density at radius 3 is 3.00 bits per heavy atom. The van der Waals surface area contributed by atoms with E-state index in [4.69, 9.17) is 5.73 Å². The molecule has 3 nitrogen and oxygen atoms in total. The van der Waals surface area contributed by atoms with Crippen molar-refractivity contribution >= 4 is 34.1 Å². The molecule has 16 heavy (non-hydrogen) atoms. The lowest BCUT2D eigenvalue weighted by Crippen LogP contribution is -2.11. The first kappa shape index (κ1) is 12.0. The van der Waals surface area contributed by atoms with Gasteiger partial charge in [-0.3, -0.25) is 0 Å². The molecule has 1 aliphatic rings. The number of nitrogens with zero attached hydrogens (tertiary/aromatic N) is 1. The van der Waals surface area contributed by atoms with Gasteiger partial charge in [0.15, 0.2) is 5.82 Å². The number of aromatic nitrogens is 1. The molecule has 0 amide bonds. The van der Waals surface area contributed by atoms with Gasteiger partial charge in [0, 0.05) is 6.54 Å². The fourth-order valence-electron chi connectivity index (χ4n) is 2.35. The first-order chi connectivity index (χ1) is 7.70. The van der Waals surface area contributed by atoms with E-state index in [-0.39, 0.29) is 0 Å². The Labute approximate surface area is 105 Å². The fourth-order valence-corrected chi connectivity index (χ4v) is 3.90. The Morgan fingerprint density at radius 2 is 2.38 bits per heavy atom. The summed E-state index contributed by atoms with van der Waals surface area (Å²) in [7, 11) is 0. The summed E-state index contributed by atoms with van der Waals surface area (Å²) in [4.78, 5) is 1.11. The molecule has 5 heteroatoms. The van der Waals surface area contributed by atoms with Gasteiger partial charge in [-0.25, -0.2) is 0 Å². The summed E-state index contributed by atoms with van der Waals surface area (Å²) in [6, 6.07) is 0. The van der Waals surface area contributed by atoms with E-state index >= 15 is 0 Å². The van der Waals surface area contributed by atoms with Crippen LogP contribution in [0.25, 0.3) is 0 Å². The van der Waals surface area contributed by atoms with Gasteiger partial charge in [-0.15, -0.1) is 11.8 Å². The second kappa shape index (κ2) is 5.27. The quantitative estimate of drug-likeness (QED) is 0.813. The number of hydrogen-bond donors (Lipinski definition) is 2. The molecule has 2 atom stereocenters. The highest BCUT2D eigenvalue weighted by molar-refractivity contribution is 7.99. The van der Waals surface area contributed by atoms with Crippen molar-refractivity contribution in [1.82, 2.24) is 4.37 Å². The van der Waals surface area contributed by atoms with Crippen LogP contribution in [0.4, 0.5) is 10.8 Å². The average Bonchev–Trinajstić information content (AvgIpc) is 2.82. The third-order valence-corrected chi connectivity index (χ3v) is 5.00. The van der Waals surface area contributed by atoms with Crippen LogP contribution in [-0.4, -0.2) is 17.2 Å². The third-order valence-electron chi connectivity index (χ3n) is 3.23. The van der Waals surface area contributed by atoms with Gasteiger partial charge in [-0.2, -0.15) is 4.37 Å². The lowest BCUT2D eigenvalue weighted by Gasteiger charge is -2.11. The molecule has 0 bridgehead atoms. The predicted molar refractivity (Wildman–Crippen MR) is 73.3 cm³/mol. The number of anilines is 2. The maximum Gasteiger partial charge on any atom is 0.153 e. The highest BCUT2D eigenvalue weighted by atomic mass is 32.2. The van der Waals surface area contributed by atoms with Gasteiger partial charge in [0.25, 0.3) is 0 Å². The molecule has 0 aromatic carbocycles. The maximum absolute atomic E-state index is 5.80. The van der Waals surface area contributed by atoms with Gasteiger partial charge in [-0.1, -0.05) is 13.3 Å². The standard InChI is InChI=1S/C11H19N3S2/c1-7-3-4-8(5-7)6-13-11-9(15-2)10(12)14-16-11/h7-8,13H,3-6H2,1-2H3,(H2,12,14). The van der Waals surface area contributed by atoms with Crippen LogP contribution in [0.5, 0.6) is 0 Å². The summed E-state index contributed by atoms with van der Waals surface area (Å²) in [5.74, 6) is 2.39. The van der Waals surface area contributed by atoms with Crippen LogP contribution < -0.4 is 11.1 Å². The van der Waals surface area contributed by atoms with Crippen molar-refractivity contribution in [1.29, 1.82) is 0 Å². The van der Waals surface area contributed by atoms with Gasteiger partial charge in [0.05, 0.1) is 4.90 Å². The number of nitrogens with two attached hydrogens (primary N) is 1. The van der Waals surface area contributed by atoms with E-state index in [9.17, 15) is 0 Å². The second-order valence-corrected chi connectivity index (χ2v) is 6.19. The minimum atomic E-state index is 0.666. The summed E-state index contributed by atoms with van der Waals surface area (Å²) in [5, 5.41) is 4.65. The van der Waals surface area contributed by atoms with Crippen LogP contribution in [0.3, 0.4) is 0 Å². The van der Waals surface area contributed by atoms with Crippen LogP contribution in [0, 0.1) is 11.8 Å². The van der Waals surface area contributed by atoms with Crippen molar-refractivity contribution in [2.75, 3.05) is 23.9 Å². The summed E-state index contributed by atoms with van der Waals surface area (Å²) < 4.78 is 4.18. The lowest BCUT2D eigenvalue weighted by molar-refractivity contribution is 0.537. The molecule has 1 saturated carbocycles. The molecule has 0 spiro atoms. The monoisotopic (exact) mass is 257 g/mol. The number of nitrogens with one attached hydrogen (secondary N) is 1. The molecule has 90 valence electrons. The minimum absolute atomic E-state index is 0.666. The summed E-state index contributed by atoms with van der Waals surface area (Å²) in [6.45, 7) is 3.41. The van der Waals surface area contributed by atoms with Crippen molar-refractivity contribution in [3.05, 3.63) is 0 Å². The zero-order valence-electron chi connectivity index (χ0n) is 9.82. The average molecular weight is 257 g/mol. The smallest absolute Gasteiger partial charge is 0.153 e. The van der Waals surface area contributed by atoms with Crippen LogP contribution in [0.2, 0.25) is 0 Å². The zero-order valence-corrected chi connectivity index (χ0v) is 11.5. The van der Waals surface area contributed by atoms with E-state index in [0.29, 0.717) is 5.82 Å². The van der Waals surface area contributed by atoms with Crippen LogP contribution >= 0.6 is 23.3 Å². The van der Waals surface area contributed by atoms with Crippen molar-refractivity contribution in [3.8, 4) is 0 Å². The maximum atomic E-state index is 5.80. The lowest BCUT2D eigenvalue weighted by atomic mass is 10.1. The van der Waals surface area contributed by atoms with Gasteiger partial charge < -0.3 is 11.1 Å². The van der Waals surface area contributed by atoms with Crippen LogP contribution in [-0.2, 0) is 0 Å². The van der Waals surface area contributed by atoms with Crippen molar-refractivity contribution < 1.29 is 0 Å². The van der Waals surface area contributed by atoms with Gasteiger partial charge >= 0.3 is 0 Å². The molecule has 1 aromatic heterocycles. The molecule has 2 unspecified atom stereocenters. The number of thioether (sulfide) groups is 1. The molecule has 2 rings (SSSR count). The first-order valence-corrected chi connectivity index (χ1v) is 7.73. The highest BCUT2D eigenvalue weighted by Gasteiger charge is 2.21. The predicted octanol–water partition coefficient (Wildman–Crippen LogP) is 3.30. The van der Waals surface area contributed by atoms with E-state index < -0.39 is 0 Å². The fraction of sp³-hybridized carbons (Fsp3) is 0.727. The van der Waals surface area contributed by atoms with Gasteiger partial charge in [0.2, 0.25) is 0 Å². The Bertz CT molecular complexity index is 351. The Balaban J connectivity index is 1.89. The zero-order chi connectivity index (χ0) is 11.5. The number of hydrogen-bond acceptors (Lipinski definition) is 5. The van der Waals surface area contributed by atoms with E-state index in [1.807, 2.05) is 6.26 Å². The summed E-state index contributed by atoms with van der Waals surface area (Å²) in [5.41, 5.74) is 5.80. The molecular weight excluding hydrogens is 238 g/mol. The summed E-state index contributed by atoms with van der Waals surface area (Å²) >= 11 is 3.15. The molecule has 1 aliphatic carbocycles. The molecule has 1 fully saturated rings. The van der Waals surface area contributed by atoms with Crippen molar-refractivity contribution in [2.24, 2.45) is 11.8 Å². The van der Waals surface area contributed by atoms with E-state index in [1.54, 1.807) is 11.8 Å². The first-order valence-electron chi connectivity index (χ1n) is 5.73. The molecule has 0 radical (unpaired) electrons. The molecular formula is C11H19N3S2. The topological polar surface area (TPSA) is 50.9 Å². The molecule has 3 N–H and O–H groups in total. The molecule has 1 aromatic rings. The Kier molecular flexibility index (Phi) is 3.97. The highest BCUT2D eigenvalue weighted by Crippen LogP contribution is 2.36. The van der Waals surface area contributed by atoms with E-state index in [1.165, 1.54) is 30.8 Å². The molecule has 0 aliphatic heterocycles. The van der Waals surface area contributed by atoms with E-state index in [2.05, 4.69) is 16.6 Å². The minimum Gasteiger partial charge on any atom is -0.382 e. The van der Waals surface area contributed by atoms with Crippen LogP contribution in [0.15, 0.2) is 4.90 Å². The largest absolute Gasteiger partial charge is 0.382 e. The Hall–Kier alpha value is -0.420. The van der Waals surface area contributed by atoms with Crippen molar-refractivity contribution in [2.45, 2.75) is 31.1 Å². The molecule has 1 heterocycles. The van der Waals surface area contributed by atoms with E-state index in [0.717, 1.165) is 28.3 Å². The number of nitrogen functional groups attached to an aromatic ring is 1. The SMILES string of the molecule is CSc1c(N)nsc1NCC1CCC(C)C1. The Morgan fingerprint density at radius 1 is 1.56 bits per heavy atom. The van der Waals surface area contributed by atoms with Gasteiger partial charge in [0.1, 0.15) is 5.00 Å².